The van der Waals surface area contributed by atoms with Gasteiger partial charge in [0.05, 0.1) is 22.4 Å². The van der Waals surface area contributed by atoms with Crippen molar-refractivity contribution in [1.82, 2.24) is 20.0 Å². The van der Waals surface area contributed by atoms with Crippen LogP contribution in [0.3, 0.4) is 0 Å². The maximum atomic E-state index is 14.4. The van der Waals surface area contributed by atoms with Gasteiger partial charge in [-0.05, 0) is 50.0 Å². The lowest BCUT2D eigenvalue weighted by atomic mass is 9.87. The second-order valence-electron chi connectivity index (χ2n) is 10.6. The zero-order valence-corrected chi connectivity index (χ0v) is 23.9. The highest BCUT2D eigenvalue weighted by molar-refractivity contribution is 8.00. The predicted molar refractivity (Wildman–Crippen MR) is 152 cm³/mol. The minimum atomic E-state index is -0.410. The summed E-state index contributed by atoms with van der Waals surface area (Å²) in [5.74, 6) is -0.209. The van der Waals surface area contributed by atoms with Crippen molar-refractivity contribution in [2.24, 2.45) is 0 Å². The van der Waals surface area contributed by atoms with Crippen LogP contribution in [0, 0.1) is 5.82 Å². The fraction of sp³-hybridized carbons (Fsp3) is 0.393. The number of amides is 2. The van der Waals surface area contributed by atoms with E-state index in [1.165, 1.54) is 28.8 Å². The molecular formula is C28H33ClFN5O2S. The molecule has 0 spiro atoms. The highest BCUT2D eigenvalue weighted by Crippen LogP contribution is 2.48. The lowest BCUT2D eigenvalue weighted by molar-refractivity contribution is -0.122. The smallest absolute Gasteiger partial charge is 0.240 e. The molecule has 0 fully saturated rings. The van der Waals surface area contributed by atoms with E-state index in [1.54, 1.807) is 22.9 Å². The topological polar surface area (TPSA) is 70.5 Å². The Morgan fingerprint density at radius 3 is 2.61 bits per heavy atom. The molecule has 7 nitrogen and oxygen atoms in total. The lowest BCUT2D eigenvalue weighted by Crippen LogP contribution is -2.43. The number of hydrogen-bond donors (Lipinski definition) is 1. The molecule has 0 radical (unpaired) electrons. The van der Waals surface area contributed by atoms with E-state index in [1.807, 2.05) is 37.2 Å². The molecular weight excluding hydrogens is 525 g/mol. The van der Waals surface area contributed by atoms with Gasteiger partial charge in [0.15, 0.2) is 0 Å². The molecule has 2 aromatic carbocycles. The summed E-state index contributed by atoms with van der Waals surface area (Å²) in [6, 6.07) is 13.7. The van der Waals surface area contributed by atoms with Crippen molar-refractivity contribution in [3.05, 3.63) is 76.2 Å². The summed E-state index contributed by atoms with van der Waals surface area (Å²) in [5, 5.41) is 8.07. The van der Waals surface area contributed by atoms with Gasteiger partial charge in [0, 0.05) is 29.1 Å². The molecule has 0 unspecified atom stereocenters. The third-order valence-electron chi connectivity index (χ3n) is 6.19. The van der Waals surface area contributed by atoms with Crippen LogP contribution in [0.4, 0.5) is 10.2 Å². The maximum Gasteiger partial charge on any atom is 0.240 e. The lowest BCUT2D eigenvalue weighted by Gasteiger charge is -2.24. The fourth-order valence-corrected chi connectivity index (χ4v) is 5.78. The van der Waals surface area contributed by atoms with Gasteiger partial charge < -0.3 is 10.2 Å². The average Bonchev–Trinajstić information content (AvgIpc) is 3.17. The van der Waals surface area contributed by atoms with Crippen molar-refractivity contribution in [2.75, 3.05) is 44.4 Å². The van der Waals surface area contributed by atoms with Gasteiger partial charge in [-0.1, -0.05) is 50.6 Å². The first-order valence-electron chi connectivity index (χ1n) is 12.4. The van der Waals surface area contributed by atoms with Gasteiger partial charge in [-0.2, -0.15) is 5.10 Å². The first-order valence-corrected chi connectivity index (χ1v) is 13.9. The molecule has 4 rings (SSSR count). The quantitative estimate of drug-likeness (QED) is 0.451. The van der Waals surface area contributed by atoms with Crippen LogP contribution >= 0.6 is 23.4 Å². The Morgan fingerprint density at radius 2 is 1.95 bits per heavy atom. The largest absolute Gasteiger partial charge is 0.353 e. The van der Waals surface area contributed by atoms with Crippen molar-refractivity contribution in [3.63, 3.8) is 0 Å². The summed E-state index contributed by atoms with van der Waals surface area (Å²) >= 11 is 7.76. The van der Waals surface area contributed by atoms with Crippen molar-refractivity contribution >= 4 is 41.0 Å². The Kier molecular flexibility index (Phi) is 8.49. The number of aromatic nitrogens is 2. The van der Waals surface area contributed by atoms with Crippen LogP contribution in [-0.4, -0.2) is 66.0 Å². The van der Waals surface area contributed by atoms with Gasteiger partial charge in [-0.25, -0.2) is 9.07 Å². The number of thioether (sulfide) groups is 1. The first-order chi connectivity index (χ1) is 18.0. The van der Waals surface area contributed by atoms with E-state index < -0.39 is 5.41 Å². The monoisotopic (exact) mass is 557 g/mol. The molecule has 0 bridgehead atoms. The molecule has 1 aromatic heterocycles. The van der Waals surface area contributed by atoms with Gasteiger partial charge in [0.1, 0.15) is 18.2 Å². The molecule has 2 heterocycles. The van der Waals surface area contributed by atoms with Crippen molar-refractivity contribution in [2.45, 2.75) is 31.4 Å². The summed E-state index contributed by atoms with van der Waals surface area (Å²) in [6.45, 7) is 7.13. The number of fused-ring (bicyclic) bond motifs is 1. The second kappa shape index (κ2) is 11.5. The number of anilines is 1. The maximum absolute atomic E-state index is 14.4. The number of hydrogen-bond acceptors (Lipinski definition) is 5. The zero-order valence-electron chi connectivity index (χ0n) is 22.3. The van der Waals surface area contributed by atoms with Gasteiger partial charge in [-0.15, -0.1) is 11.8 Å². The molecule has 2 amide bonds. The minimum absolute atomic E-state index is 0.125. The second-order valence-corrected chi connectivity index (χ2v) is 12.1. The zero-order chi connectivity index (χ0) is 27.6. The summed E-state index contributed by atoms with van der Waals surface area (Å²) in [4.78, 5) is 30.1. The van der Waals surface area contributed by atoms with E-state index in [0.29, 0.717) is 29.6 Å². The first kappa shape index (κ1) is 28.1. The van der Waals surface area contributed by atoms with Crippen LogP contribution in [0.2, 0.25) is 5.02 Å². The van der Waals surface area contributed by atoms with E-state index in [4.69, 9.17) is 16.7 Å². The van der Waals surface area contributed by atoms with Crippen molar-refractivity contribution in [3.8, 4) is 5.69 Å². The van der Waals surface area contributed by atoms with Crippen LogP contribution in [0.5, 0.6) is 0 Å². The third kappa shape index (κ3) is 6.22. The number of nitrogens with one attached hydrogen (secondary N) is 1. The van der Waals surface area contributed by atoms with Crippen molar-refractivity contribution in [1.29, 1.82) is 0 Å². The van der Waals surface area contributed by atoms with Gasteiger partial charge in [0.2, 0.25) is 11.8 Å². The van der Waals surface area contributed by atoms with E-state index in [0.717, 1.165) is 16.8 Å². The number of carbonyl (C=O) groups excluding carboxylic acids is 2. The summed E-state index contributed by atoms with van der Waals surface area (Å²) in [7, 11) is 3.86. The van der Waals surface area contributed by atoms with Crippen LogP contribution in [0.1, 0.15) is 42.8 Å². The number of nitrogens with zero attached hydrogens (tertiary/aromatic N) is 4. The Balaban J connectivity index is 1.93. The highest BCUT2D eigenvalue weighted by Gasteiger charge is 2.40. The van der Waals surface area contributed by atoms with Gasteiger partial charge in [0.25, 0.3) is 0 Å². The van der Waals surface area contributed by atoms with Crippen LogP contribution in [0.25, 0.3) is 5.69 Å². The normalized spacial score (nSPS) is 15.9. The van der Waals surface area contributed by atoms with Gasteiger partial charge >= 0.3 is 0 Å². The fourth-order valence-electron chi connectivity index (χ4n) is 4.41. The number of halogens is 2. The summed E-state index contributed by atoms with van der Waals surface area (Å²) in [5.41, 5.74) is 2.55. The Bertz CT molecular complexity index is 1340. The van der Waals surface area contributed by atoms with E-state index in [2.05, 4.69) is 26.1 Å². The van der Waals surface area contributed by atoms with Crippen LogP contribution < -0.4 is 10.2 Å². The molecule has 38 heavy (non-hydrogen) atoms. The van der Waals surface area contributed by atoms with E-state index in [9.17, 15) is 14.0 Å². The Hall–Kier alpha value is -2.88. The third-order valence-corrected chi connectivity index (χ3v) is 7.68. The number of rotatable bonds is 7. The molecule has 202 valence electrons. The summed E-state index contributed by atoms with van der Waals surface area (Å²) in [6.07, 6.45) is 0. The molecule has 1 aliphatic rings. The molecule has 1 N–H and O–H groups in total. The van der Waals surface area contributed by atoms with Crippen molar-refractivity contribution < 1.29 is 14.0 Å². The number of benzene rings is 2. The Morgan fingerprint density at radius 1 is 1.21 bits per heavy atom. The van der Waals surface area contributed by atoms with Crippen LogP contribution in [-0.2, 0) is 15.0 Å². The number of carbonyl (C=O) groups is 2. The molecule has 1 atom stereocenters. The molecule has 3 aromatic rings. The van der Waals surface area contributed by atoms with Gasteiger partial charge in [-0.3, -0.25) is 14.5 Å². The molecule has 10 heteroatoms. The molecule has 1 aliphatic heterocycles. The standard InChI is InChI=1S/C28H33ClFN5O2S/c1-28(2,3)26-24-25(18-8-6-10-20(30)14-18)38-17-23(37)34(16-22(36)31-12-13-33(4)5)27(24)35(32-26)21-11-7-9-19(29)15-21/h6-11,14-15,25H,12-13,16-17H2,1-5H3,(H,31,36)/t25-/m1/s1. The Labute approximate surface area is 232 Å². The highest BCUT2D eigenvalue weighted by atomic mass is 35.5. The van der Waals surface area contributed by atoms with E-state index >= 15 is 0 Å². The summed E-state index contributed by atoms with van der Waals surface area (Å²) < 4.78 is 16.1. The minimum Gasteiger partial charge on any atom is -0.353 e. The van der Waals surface area contributed by atoms with E-state index in [-0.39, 0.29) is 35.2 Å². The molecule has 0 aliphatic carbocycles. The average molecular weight is 558 g/mol. The SMILES string of the molecule is CN(C)CCNC(=O)CN1C(=O)CS[C@H](c2cccc(F)c2)c2c(C(C)(C)C)nn(-c3cccc(Cl)c3)c21. The number of likely N-dealkylation sites (N-methyl/N-ethyl adjacent to an activating group) is 1. The van der Waals surface area contributed by atoms with Crippen LogP contribution in [0.15, 0.2) is 48.5 Å². The predicted octanol–water partition coefficient (Wildman–Crippen LogP) is 4.81. The molecule has 0 saturated heterocycles. The molecule has 0 saturated carbocycles.